The van der Waals surface area contributed by atoms with Crippen LogP contribution in [0.1, 0.15) is 33.1 Å². The number of amidine groups is 1. The Labute approximate surface area is 62.3 Å². The summed E-state index contributed by atoms with van der Waals surface area (Å²) < 4.78 is 0. The van der Waals surface area contributed by atoms with Gasteiger partial charge in [0.15, 0.2) is 0 Å². The third kappa shape index (κ3) is 1.49. The minimum Gasteiger partial charge on any atom is -0.387 e. The Morgan fingerprint density at radius 2 is 2.20 bits per heavy atom. The van der Waals surface area contributed by atoms with Gasteiger partial charge in [0.05, 0.1) is 5.84 Å². The standard InChI is InChI=1S/C8H16N2/c1-8(2)4-3-6(5-8)7(9)10/h6H,3-5H2,1-2H3,(H3,9,10). The zero-order chi connectivity index (χ0) is 7.78. The lowest BCUT2D eigenvalue weighted by molar-refractivity contribution is 0.375. The van der Waals surface area contributed by atoms with E-state index >= 15 is 0 Å². The third-order valence-electron chi connectivity index (χ3n) is 2.41. The molecule has 0 radical (unpaired) electrons. The molecule has 0 aromatic heterocycles. The van der Waals surface area contributed by atoms with E-state index in [-0.39, 0.29) is 0 Å². The summed E-state index contributed by atoms with van der Waals surface area (Å²) in [4.78, 5) is 0. The van der Waals surface area contributed by atoms with Crippen molar-refractivity contribution in [3.05, 3.63) is 0 Å². The van der Waals surface area contributed by atoms with Crippen LogP contribution in [0.3, 0.4) is 0 Å². The third-order valence-corrected chi connectivity index (χ3v) is 2.41. The van der Waals surface area contributed by atoms with Crippen LogP contribution in [-0.2, 0) is 0 Å². The first-order valence-electron chi connectivity index (χ1n) is 3.85. The summed E-state index contributed by atoms with van der Waals surface area (Å²) in [6.45, 7) is 4.49. The van der Waals surface area contributed by atoms with Crippen LogP contribution >= 0.6 is 0 Å². The monoisotopic (exact) mass is 140 g/mol. The number of nitrogens with two attached hydrogens (primary N) is 1. The molecule has 3 N–H and O–H groups in total. The first-order chi connectivity index (χ1) is 4.51. The van der Waals surface area contributed by atoms with Gasteiger partial charge >= 0.3 is 0 Å². The fraction of sp³-hybridized carbons (Fsp3) is 0.875. The molecule has 0 amide bonds. The maximum atomic E-state index is 7.25. The molecule has 0 saturated heterocycles. The highest BCUT2D eigenvalue weighted by molar-refractivity contribution is 5.79. The Morgan fingerprint density at radius 3 is 2.40 bits per heavy atom. The van der Waals surface area contributed by atoms with Crippen LogP contribution in [0.2, 0.25) is 0 Å². The number of rotatable bonds is 1. The normalized spacial score (nSPS) is 30.4. The zero-order valence-corrected chi connectivity index (χ0v) is 6.78. The molecule has 10 heavy (non-hydrogen) atoms. The lowest BCUT2D eigenvalue weighted by atomic mass is 9.90. The summed E-state index contributed by atoms with van der Waals surface area (Å²) in [6.07, 6.45) is 3.43. The quantitative estimate of drug-likeness (QED) is 0.423. The maximum absolute atomic E-state index is 7.25. The van der Waals surface area contributed by atoms with Gasteiger partial charge in [-0.2, -0.15) is 0 Å². The SMILES string of the molecule is CC1(C)CCC(C(=N)N)C1. The molecular formula is C8H16N2. The molecule has 0 aliphatic heterocycles. The van der Waals surface area contributed by atoms with Crippen LogP contribution < -0.4 is 5.73 Å². The topological polar surface area (TPSA) is 49.9 Å². The second-order valence-corrected chi connectivity index (χ2v) is 4.06. The van der Waals surface area contributed by atoms with Crippen molar-refractivity contribution in [2.75, 3.05) is 0 Å². The molecule has 2 heteroatoms. The molecule has 1 unspecified atom stereocenters. The van der Waals surface area contributed by atoms with E-state index in [0.29, 0.717) is 17.2 Å². The number of nitrogens with one attached hydrogen (secondary N) is 1. The van der Waals surface area contributed by atoms with Crippen molar-refractivity contribution in [1.29, 1.82) is 5.41 Å². The van der Waals surface area contributed by atoms with Crippen molar-refractivity contribution in [2.24, 2.45) is 17.1 Å². The largest absolute Gasteiger partial charge is 0.387 e. The second kappa shape index (κ2) is 2.26. The molecule has 0 aromatic rings. The first kappa shape index (κ1) is 7.58. The van der Waals surface area contributed by atoms with Gasteiger partial charge in [-0.1, -0.05) is 13.8 Å². The highest BCUT2D eigenvalue weighted by atomic mass is 14.7. The summed E-state index contributed by atoms with van der Waals surface area (Å²) in [5.74, 6) is 0.751. The van der Waals surface area contributed by atoms with Gasteiger partial charge in [-0.15, -0.1) is 0 Å². The molecule has 0 spiro atoms. The minimum atomic E-state index is 0.370. The van der Waals surface area contributed by atoms with Crippen LogP contribution in [0.15, 0.2) is 0 Å². The van der Waals surface area contributed by atoms with Gasteiger partial charge in [-0.3, -0.25) is 5.41 Å². The molecule has 2 nitrogen and oxygen atoms in total. The smallest absolute Gasteiger partial charge is 0.0937 e. The highest BCUT2D eigenvalue weighted by Gasteiger charge is 2.32. The molecule has 1 fully saturated rings. The summed E-state index contributed by atoms with van der Waals surface area (Å²) in [6, 6.07) is 0. The second-order valence-electron chi connectivity index (χ2n) is 4.06. The average Bonchev–Trinajstić information content (AvgIpc) is 2.10. The lowest BCUT2D eigenvalue weighted by Gasteiger charge is -2.16. The Balaban J connectivity index is 2.51. The maximum Gasteiger partial charge on any atom is 0.0937 e. The van der Waals surface area contributed by atoms with Gasteiger partial charge in [0, 0.05) is 5.92 Å². The van der Waals surface area contributed by atoms with Crippen LogP contribution in [0.5, 0.6) is 0 Å². The Kier molecular flexibility index (Phi) is 1.71. The van der Waals surface area contributed by atoms with Crippen LogP contribution in [0, 0.1) is 16.7 Å². The van der Waals surface area contributed by atoms with Crippen molar-refractivity contribution >= 4 is 5.84 Å². The van der Waals surface area contributed by atoms with Gasteiger partial charge in [-0.05, 0) is 24.7 Å². The van der Waals surface area contributed by atoms with Crippen molar-refractivity contribution in [1.82, 2.24) is 0 Å². The molecule has 1 aliphatic carbocycles. The molecule has 1 rings (SSSR count). The fourth-order valence-corrected chi connectivity index (χ4v) is 1.70. The van der Waals surface area contributed by atoms with Crippen LogP contribution in [0.25, 0.3) is 0 Å². The Morgan fingerprint density at radius 1 is 1.60 bits per heavy atom. The fourth-order valence-electron chi connectivity index (χ4n) is 1.70. The Bertz CT molecular complexity index is 149. The molecule has 58 valence electrons. The molecule has 0 bridgehead atoms. The number of hydrogen-bond acceptors (Lipinski definition) is 1. The first-order valence-corrected chi connectivity index (χ1v) is 3.85. The summed E-state index contributed by atoms with van der Waals surface area (Å²) in [5.41, 5.74) is 5.83. The van der Waals surface area contributed by atoms with E-state index in [1.807, 2.05) is 0 Å². The van der Waals surface area contributed by atoms with Gasteiger partial charge in [0.2, 0.25) is 0 Å². The van der Waals surface area contributed by atoms with E-state index in [1.54, 1.807) is 0 Å². The van der Waals surface area contributed by atoms with Gasteiger partial charge < -0.3 is 5.73 Å². The van der Waals surface area contributed by atoms with E-state index in [4.69, 9.17) is 11.1 Å². The molecule has 1 aliphatic rings. The van der Waals surface area contributed by atoms with Crippen molar-refractivity contribution in [3.63, 3.8) is 0 Å². The van der Waals surface area contributed by atoms with Crippen molar-refractivity contribution in [3.8, 4) is 0 Å². The van der Waals surface area contributed by atoms with E-state index < -0.39 is 0 Å². The van der Waals surface area contributed by atoms with E-state index in [0.717, 1.165) is 12.8 Å². The zero-order valence-electron chi connectivity index (χ0n) is 6.78. The highest BCUT2D eigenvalue weighted by Crippen LogP contribution is 2.40. The van der Waals surface area contributed by atoms with Crippen LogP contribution in [-0.4, -0.2) is 5.84 Å². The lowest BCUT2D eigenvalue weighted by Crippen LogP contribution is -2.20. The molecule has 0 aromatic carbocycles. The summed E-state index contributed by atoms with van der Waals surface area (Å²) in [7, 11) is 0. The van der Waals surface area contributed by atoms with Gasteiger partial charge in [-0.25, -0.2) is 0 Å². The summed E-state index contributed by atoms with van der Waals surface area (Å²) in [5, 5.41) is 7.25. The van der Waals surface area contributed by atoms with E-state index in [2.05, 4.69) is 13.8 Å². The van der Waals surface area contributed by atoms with Gasteiger partial charge in [0.25, 0.3) is 0 Å². The average molecular weight is 140 g/mol. The van der Waals surface area contributed by atoms with Crippen molar-refractivity contribution < 1.29 is 0 Å². The van der Waals surface area contributed by atoms with E-state index in [1.165, 1.54) is 6.42 Å². The Hall–Kier alpha value is -0.530. The molecule has 1 saturated carbocycles. The summed E-state index contributed by atoms with van der Waals surface area (Å²) >= 11 is 0. The van der Waals surface area contributed by atoms with Crippen LogP contribution in [0.4, 0.5) is 0 Å². The van der Waals surface area contributed by atoms with E-state index in [9.17, 15) is 0 Å². The molecular weight excluding hydrogens is 124 g/mol. The predicted octanol–water partition coefficient (Wildman–Crippen LogP) is 1.75. The molecule has 1 atom stereocenters. The number of hydrogen-bond donors (Lipinski definition) is 2. The molecule has 0 heterocycles. The predicted molar refractivity (Wildman–Crippen MR) is 43.0 cm³/mol. The van der Waals surface area contributed by atoms with Crippen molar-refractivity contribution in [2.45, 2.75) is 33.1 Å². The minimum absolute atomic E-state index is 0.370. The van der Waals surface area contributed by atoms with Gasteiger partial charge in [0.1, 0.15) is 0 Å².